The van der Waals surface area contributed by atoms with Crippen LogP contribution in [0.15, 0.2) is 66.7 Å². The number of ether oxygens (including phenoxy) is 1. The molecule has 1 amide bonds. The lowest BCUT2D eigenvalue weighted by molar-refractivity contribution is -0.118. The quantitative estimate of drug-likeness (QED) is 0.405. The number of nitrogens with one attached hydrogen (secondary N) is 1. The Hall–Kier alpha value is -3.46. The van der Waals surface area contributed by atoms with Crippen LogP contribution >= 0.6 is 11.8 Å². The predicted octanol–water partition coefficient (Wildman–Crippen LogP) is 3.36. The van der Waals surface area contributed by atoms with Crippen molar-refractivity contribution < 1.29 is 13.9 Å². The highest BCUT2D eigenvalue weighted by Crippen LogP contribution is 2.19. The molecule has 0 bridgehead atoms. The molecule has 1 N–H and O–H groups in total. The Kier molecular flexibility index (Phi) is 6.73. The van der Waals surface area contributed by atoms with Gasteiger partial charge in [-0.15, -0.1) is 27.1 Å². The number of hydrogen-bond acceptors (Lipinski definition) is 6. The number of carbonyl (C=O) groups is 1. The molecule has 4 rings (SSSR count). The maximum absolute atomic E-state index is 13.5. The van der Waals surface area contributed by atoms with Gasteiger partial charge in [0, 0.05) is 17.4 Å². The largest absolute Gasteiger partial charge is 0.475 e. The van der Waals surface area contributed by atoms with Gasteiger partial charge in [0.1, 0.15) is 12.4 Å². The van der Waals surface area contributed by atoms with E-state index in [1.807, 2.05) is 30.3 Å². The van der Waals surface area contributed by atoms with E-state index in [1.165, 1.54) is 22.2 Å². The molecule has 0 radical (unpaired) electrons. The first kappa shape index (κ1) is 20.8. The van der Waals surface area contributed by atoms with Crippen LogP contribution in [0.25, 0.3) is 17.0 Å². The number of carbonyl (C=O) groups excluding carboxylic acids is 1. The summed E-state index contributed by atoms with van der Waals surface area (Å²) in [5, 5.41) is 15.3. The van der Waals surface area contributed by atoms with Crippen LogP contribution in [-0.4, -0.2) is 44.6 Å². The SMILES string of the molecule is O=C(CSCc1ccccc1)NCCOc1ccc2nnc(-c3cccc(F)c3)n2n1. The molecule has 0 aliphatic heterocycles. The van der Waals surface area contributed by atoms with E-state index < -0.39 is 0 Å². The highest BCUT2D eigenvalue weighted by molar-refractivity contribution is 7.99. The second kappa shape index (κ2) is 10.0. The molecule has 2 aromatic heterocycles. The van der Waals surface area contributed by atoms with Crippen molar-refractivity contribution in [1.82, 2.24) is 25.1 Å². The van der Waals surface area contributed by atoms with Gasteiger partial charge in [-0.25, -0.2) is 4.39 Å². The topological polar surface area (TPSA) is 81.4 Å². The van der Waals surface area contributed by atoms with Crippen LogP contribution in [0.3, 0.4) is 0 Å². The van der Waals surface area contributed by atoms with E-state index in [2.05, 4.69) is 20.6 Å². The fourth-order valence-corrected chi connectivity index (χ4v) is 3.71. The molecule has 0 unspecified atom stereocenters. The van der Waals surface area contributed by atoms with Gasteiger partial charge in [-0.1, -0.05) is 42.5 Å². The predicted molar refractivity (Wildman–Crippen MR) is 117 cm³/mol. The smallest absolute Gasteiger partial charge is 0.231 e. The Balaban J connectivity index is 1.26. The number of aromatic nitrogens is 4. The van der Waals surface area contributed by atoms with Crippen LogP contribution in [-0.2, 0) is 10.5 Å². The molecule has 0 aliphatic carbocycles. The molecule has 0 fully saturated rings. The lowest BCUT2D eigenvalue weighted by Gasteiger charge is -2.08. The summed E-state index contributed by atoms with van der Waals surface area (Å²) in [5.74, 6) is 1.55. The summed E-state index contributed by atoms with van der Waals surface area (Å²) < 4.78 is 20.7. The number of rotatable bonds is 9. The van der Waals surface area contributed by atoms with Crippen molar-refractivity contribution in [3.05, 3.63) is 78.1 Å². The van der Waals surface area contributed by atoms with Crippen LogP contribution in [0.1, 0.15) is 5.56 Å². The second-order valence-corrected chi connectivity index (χ2v) is 7.64. The fourth-order valence-electron chi connectivity index (χ4n) is 2.89. The minimum atomic E-state index is -0.362. The third-order valence-electron chi connectivity index (χ3n) is 4.34. The minimum Gasteiger partial charge on any atom is -0.475 e. The van der Waals surface area contributed by atoms with Crippen LogP contribution in [0.5, 0.6) is 5.88 Å². The lowest BCUT2D eigenvalue weighted by Crippen LogP contribution is -2.29. The first-order valence-corrected chi connectivity index (χ1v) is 10.8. The Morgan fingerprint density at radius 1 is 1.06 bits per heavy atom. The zero-order valence-corrected chi connectivity index (χ0v) is 17.4. The number of amides is 1. The van der Waals surface area contributed by atoms with E-state index >= 15 is 0 Å². The third-order valence-corrected chi connectivity index (χ3v) is 5.34. The van der Waals surface area contributed by atoms with Gasteiger partial charge in [0.05, 0.1) is 12.3 Å². The monoisotopic (exact) mass is 437 g/mol. The van der Waals surface area contributed by atoms with E-state index in [1.54, 1.807) is 36.0 Å². The van der Waals surface area contributed by atoms with E-state index in [4.69, 9.17) is 4.74 Å². The average Bonchev–Trinajstić information content (AvgIpc) is 3.21. The molecule has 0 spiro atoms. The van der Waals surface area contributed by atoms with E-state index in [0.29, 0.717) is 35.2 Å². The maximum atomic E-state index is 13.5. The van der Waals surface area contributed by atoms with E-state index in [-0.39, 0.29) is 18.3 Å². The number of halogens is 1. The molecule has 4 aromatic rings. The molecule has 9 heteroatoms. The van der Waals surface area contributed by atoms with Gasteiger partial charge < -0.3 is 10.1 Å². The summed E-state index contributed by atoms with van der Waals surface area (Å²) in [6.45, 7) is 0.633. The zero-order chi connectivity index (χ0) is 21.5. The van der Waals surface area contributed by atoms with Gasteiger partial charge in [-0.2, -0.15) is 4.52 Å². The molecular weight excluding hydrogens is 417 g/mol. The second-order valence-electron chi connectivity index (χ2n) is 6.65. The molecule has 2 aromatic carbocycles. The van der Waals surface area contributed by atoms with Gasteiger partial charge in [-0.3, -0.25) is 4.79 Å². The first-order valence-electron chi connectivity index (χ1n) is 9.68. The van der Waals surface area contributed by atoms with Crippen LogP contribution in [0, 0.1) is 5.82 Å². The minimum absolute atomic E-state index is 0.0415. The van der Waals surface area contributed by atoms with Crippen molar-refractivity contribution in [3.8, 4) is 17.3 Å². The summed E-state index contributed by atoms with van der Waals surface area (Å²) in [7, 11) is 0. The highest BCUT2D eigenvalue weighted by Gasteiger charge is 2.11. The third kappa shape index (κ3) is 5.58. The Morgan fingerprint density at radius 3 is 2.77 bits per heavy atom. The van der Waals surface area contributed by atoms with Gasteiger partial charge in [0.2, 0.25) is 11.8 Å². The van der Waals surface area contributed by atoms with Crippen LogP contribution < -0.4 is 10.1 Å². The summed E-state index contributed by atoms with van der Waals surface area (Å²) in [4.78, 5) is 12.0. The van der Waals surface area contributed by atoms with E-state index in [9.17, 15) is 9.18 Å². The van der Waals surface area contributed by atoms with Crippen LogP contribution in [0.2, 0.25) is 0 Å². The average molecular weight is 438 g/mol. The Bertz CT molecular complexity index is 1170. The molecule has 2 heterocycles. The van der Waals surface area contributed by atoms with Crippen molar-refractivity contribution in [2.24, 2.45) is 0 Å². The number of fused-ring (bicyclic) bond motifs is 1. The molecule has 0 aliphatic rings. The molecule has 0 saturated carbocycles. The maximum Gasteiger partial charge on any atom is 0.231 e. The van der Waals surface area contributed by atoms with Crippen molar-refractivity contribution >= 4 is 23.3 Å². The molecule has 158 valence electrons. The van der Waals surface area contributed by atoms with Gasteiger partial charge >= 0.3 is 0 Å². The van der Waals surface area contributed by atoms with Crippen molar-refractivity contribution in [2.75, 3.05) is 18.9 Å². The lowest BCUT2D eigenvalue weighted by atomic mass is 10.2. The van der Waals surface area contributed by atoms with Crippen molar-refractivity contribution in [3.63, 3.8) is 0 Å². The fraction of sp³-hybridized carbons (Fsp3) is 0.182. The number of benzene rings is 2. The van der Waals surface area contributed by atoms with Gasteiger partial charge in [0.25, 0.3) is 0 Å². The number of hydrogen-bond donors (Lipinski definition) is 1. The first-order chi connectivity index (χ1) is 15.2. The van der Waals surface area contributed by atoms with Crippen LogP contribution in [0.4, 0.5) is 4.39 Å². The van der Waals surface area contributed by atoms with E-state index in [0.717, 1.165) is 5.75 Å². The standard InChI is InChI=1S/C22H20FN5O2S/c23-18-8-4-7-17(13-18)22-26-25-19-9-10-21(27-28(19)22)30-12-11-24-20(29)15-31-14-16-5-2-1-3-6-16/h1-10,13H,11-12,14-15H2,(H,24,29). The summed E-state index contributed by atoms with van der Waals surface area (Å²) >= 11 is 1.56. The summed E-state index contributed by atoms with van der Waals surface area (Å²) in [6.07, 6.45) is 0. The Labute approximate surface area is 182 Å². The zero-order valence-electron chi connectivity index (χ0n) is 16.6. The van der Waals surface area contributed by atoms with Crippen molar-refractivity contribution in [1.29, 1.82) is 0 Å². The normalized spacial score (nSPS) is 10.9. The number of thioether (sulfide) groups is 1. The Morgan fingerprint density at radius 2 is 1.94 bits per heavy atom. The molecule has 7 nitrogen and oxygen atoms in total. The summed E-state index contributed by atoms with van der Waals surface area (Å²) in [5.41, 5.74) is 2.28. The summed E-state index contributed by atoms with van der Waals surface area (Å²) in [6, 6.07) is 19.5. The highest BCUT2D eigenvalue weighted by atomic mass is 32.2. The van der Waals surface area contributed by atoms with Gasteiger partial charge in [-0.05, 0) is 23.8 Å². The molecule has 0 atom stereocenters. The number of nitrogens with zero attached hydrogens (tertiary/aromatic N) is 4. The van der Waals surface area contributed by atoms with Crippen molar-refractivity contribution in [2.45, 2.75) is 5.75 Å². The molecular formula is C22H20FN5O2S. The molecule has 31 heavy (non-hydrogen) atoms. The van der Waals surface area contributed by atoms with Gasteiger partial charge in [0.15, 0.2) is 11.5 Å². The molecule has 0 saturated heterocycles.